The fraction of sp³-hybridized carbons (Fsp3) is 0.158. The molecule has 0 aliphatic rings. The van der Waals surface area contributed by atoms with Crippen molar-refractivity contribution in [1.82, 2.24) is 0 Å². The molecule has 0 atom stereocenters. The van der Waals surface area contributed by atoms with Crippen LogP contribution in [0.25, 0.3) is 11.1 Å². The molecule has 104 valence electrons. The maximum absolute atomic E-state index is 2.22. The van der Waals surface area contributed by atoms with Crippen molar-refractivity contribution in [2.24, 2.45) is 0 Å². The van der Waals surface area contributed by atoms with Gasteiger partial charge in [0.2, 0.25) is 0 Å². The van der Waals surface area contributed by atoms with E-state index in [0.717, 1.165) is 0 Å². The molecule has 0 saturated carbocycles. The van der Waals surface area contributed by atoms with Gasteiger partial charge in [-0.1, -0.05) is 38.1 Å². The molecule has 0 aliphatic heterocycles. The second-order valence-corrected chi connectivity index (χ2v) is 4.91. The van der Waals surface area contributed by atoms with Crippen molar-refractivity contribution >= 4 is 0 Å². The Morgan fingerprint density at radius 1 is 0.800 bits per heavy atom. The third-order valence-corrected chi connectivity index (χ3v) is 3.13. The van der Waals surface area contributed by atoms with Gasteiger partial charge >= 0.3 is 17.1 Å². The first-order valence-corrected chi connectivity index (χ1v) is 6.76. The minimum atomic E-state index is 0. The van der Waals surface area contributed by atoms with Crippen LogP contribution in [0.3, 0.4) is 0 Å². The number of hydrogen-bond donors (Lipinski definition) is 0. The van der Waals surface area contributed by atoms with Crippen molar-refractivity contribution in [2.75, 3.05) is 0 Å². The Hall–Kier alpha value is -1.56. The maximum atomic E-state index is 2.22. The average molecular weight is 304 g/mol. The van der Waals surface area contributed by atoms with Gasteiger partial charge in [0.25, 0.3) is 0 Å². The van der Waals surface area contributed by atoms with Gasteiger partial charge in [-0.15, -0.1) is 11.6 Å². The molecule has 0 heterocycles. The zero-order valence-electron chi connectivity index (χ0n) is 11.9. The Labute approximate surface area is 132 Å². The molecule has 0 aromatic heterocycles. The van der Waals surface area contributed by atoms with Crippen LogP contribution in [0.5, 0.6) is 0 Å². The minimum absolute atomic E-state index is 0. The van der Waals surface area contributed by atoms with Gasteiger partial charge in [0.15, 0.2) is 0 Å². The smallest absolute Gasteiger partial charge is 0.214 e. The second kappa shape index (κ2) is 8.58. The zero-order valence-corrected chi connectivity index (χ0v) is 13.0. The van der Waals surface area contributed by atoms with Gasteiger partial charge in [0.05, 0.1) is 0 Å². The maximum Gasteiger partial charge on any atom is 2.00 e. The van der Waals surface area contributed by atoms with Crippen LogP contribution in [-0.4, -0.2) is 0 Å². The van der Waals surface area contributed by atoms with Crippen LogP contribution in [0.2, 0.25) is 0 Å². The molecule has 0 nitrogen and oxygen atoms in total. The van der Waals surface area contributed by atoms with E-state index < -0.39 is 0 Å². The summed E-state index contributed by atoms with van der Waals surface area (Å²) in [6, 6.07) is 27.3. The first kappa shape index (κ1) is 16.5. The van der Waals surface area contributed by atoms with E-state index in [4.69, 9.17) is 0 Å². The molecule has 0 spiro atoms. The summed E-state index contributed by atoms with van der Waals surface area (Å²) in [6.07, 6.45) is 0. The van der Waals surface area contributed by atoms with E-state index >= 15 is 0 Å². The summed E-state index contributed by atoms with van der Waals surface area (Å²) in [5.41, 5.74) is 4.01. The van der Waals surface area contributed by atoms with Crippen molar-refractivity contribution in [3.8, 4) is 11.1 Å². The van der Waals surface area contributed by atoms with Crippen LogP contribution in [-0.2, 0) is 17.1 Å². The van der Waals surface area contributed by atoms with E-state index in [-0.39, 0.29) is 17.1 Å². The summed E-state index contributed by atoms with van der Waals surface area (Å²) < 4.78 is 0. The molecule has 0 radical (unpaired) electrons. The molecule has 0 aliphatic carbocycles. The molecule has 3 aromatic carbocycles. The molecule has 0 amide bonds. The van der Waals surface area contributed by atoms with Crippen LogP contribution in [0, 0.1) is 0 Å². The van der Waals surface area contributed by atoms with E-state index in [9.17, 15) is 0 Å². The topological polar surface area (TPSA) is 0 Å². The van der Waals surface area contributed by atoms with Crippen LogP contribution < -0.4 is 0 Å². The summed E-state index contributed by atoms with van der Waals surface area (Å²) in [6.45, 7) is 4.44. The molecule has 0 unspecified atom stereocenters. The van der Waals surface area contributed by atoms with Crippen LogP contribution in [0.1, 0.15) is 25.3 Å². The van der Waals surface area contributed by atoms with Gasteiger partial charge in [-0.05, 0) is 11.5 Å². The Kier molecular flexibility index (Phi) is 7.07. The molecule has 20 heavy (non-hydrogen) atoms. The first-order chi connectivity index (χ1) is 9.27. The van der Waals surface area contributed by atoms with Crippen molar-refractivity contribution in [3.05, 3.63) is 84.4 Å². The van der Waals surface area contributed by atoms with Gasteiger partial charge < -0.3 is 0 Å². The number of benzene rings is 1. The minimum Gasteiger partial charge on any atom is -0.214 e. The Bertz CT molecular complexity index is 525. The Balaban J connectivity index is 0.000000283. The second-order valence-electron chi connectivity index (χ2n) is 4.91. The average Bonchev–Trinajstić information content (AvgIpc) is 3.15. The first-order valence-electron chi connectivity index (χ1n) is 6.76. The van der Waals surface area contributed by atoms with Crippen molar-refractivity contribution < 1.29 is 17.1 Å². The predicted octanol–water partition coefficient (Wildman–Crippen LogP) is 5.60. The third kappa shape index (κ3) is 4.85. The molecule has 3 aromatic rings. The standard InChI is InChI=1S/C14H15.C5H5.Fe/c1-11(2)12-7-9-14(10-8-12)13-5-3-4-6-13;1-2-4-5-3-1;/h3-11H,1-2H3;1-5H;/q2*-1;+2. The quantitative estimate of drug-likeness (QED) is 0.427. The molecular formula is C19H20Fe. The van der Waals surface area contributed by atoms with Crippen molar-refractivity contribution in [1.29, 1.82) is 0 Å². The molecule has 3 rings (SSSR count). The summed E-state index contributed by atoms with van der Waals surface area (Å²) in [5, 5.41) is 0. The molecule has 0 fully saturated rings. The van der Waals surface area contributed by atoms with Crippen molar-refractivity contribution in [3.63, 3.8) is 0 Å². The SMILES string of the molecule is CC(C)c1ccc(-c2ccc[cH-]2)cc1.[Fe+2].c1cc[cH-]c1. The number of hydrogen-bond acceptors (Lipinski definition) is 0. The summed E-state index contributed by atoms with van der Waals surface area (Å²) in [5.74, 6) is 0.615. The summed E-state index contributed by atoms with van der Waals surface area (Å²) >= 11 is 0. The number of rotatable bonds is 2. The molecule has 0 bridgehead atoms. The van der Waals surface area contributed by atoms with Gasteiger partial charge in [0.1, 0.15) is 0 Å². The van der Waals surface area contributed by atoms with Gasteiger partial charge in [-0.3, -0.25) is 0 Å². The zero-order chi connectivity index (χ0) is 13.5. The fourth-order valence-electron chi connectivity index (χ4n) is 1.95. The van der Waals surface area contributed by atoms with Crippen LogP contribution in [0.4, 0.5) is 0 Å². The van der Waals surface area contributed by atoms with Crippen LogP contribution >= 0.6 is 0 Å². The monoisotopic (exact) mass is 304 g/mol. The Morgan fingerprint density at radius 3 is 1.85 bits per heavy atom. The third-order valence-electron chi connectivity index (χ3n) is 3.13. The molecular weight excluding hydrogens is 284 g/mol. The van der Waals surface area contributed by atoms with E-state index in [1.807, 2.05) is 30.3 Å². The summed E-state index contributed by atoms with van der Waals surface area (Å²) in [7, 11) is 0. The fourth-order valence-corrected chi connectivity index (χ4v) is 1.95. The van der Waals surface area contributed by atoms with Gasteiger partial charge in [0, 0.05) is 0 Å². The van der Waals surface area contributed by atoms with Gasteiger partial charge in [-0.2, -0.15) is 42.0 Å². The van der Waals surface area contributed by atoms with Crippen molar-refractivity contribution in [2.45, 2.75) is 19.8 Å². The largest absolute Gasteiger partial charge is 2.00 e. The predicted molar refractivity (Wildman–Crippen MR) is 83.6 cm³/mol. The summed E-state index contributed by atoms with van der Waals surface area (Å²) in [4.78, 5) is 0. The molecule has 0 N–H and O–H groups in total. The normalized spacial score (nSPS) is 9.55. The molecule has 1 heteroatoms. The van der Waals surface area contributed by atoms with Crippen LogP contribution in [0.15, 0.2) is 78.9 Å². The van der Waals surface area contributed by atoms with E-state index in [2.05, 4.69) is 62.4 Å². The van der Waals surface area contributed by atoms with E-state index in [1.54, 1.807) is 0 Å². The van der Waals surface area contributed by atoms with E-state index in [1.165, 1.54) is 16.7 Å². The Morgan fingerprint density at radius 2 is 1.45 bits per heavy atom. The van der Waals surface area contributed by atoms with E-state index in [0.29, 0.717) is 5.92 Å². The van der Waals surface area contributed by atoms with Gasteiger partial charge in [-0.25, -0.2) is 12.1 Å². The molecule has 0 saturated heterocycles.